The molecule has 0 spiro atoms. The zero-order chi connectivity index (χ0) is 21.6. The molecule has 9 heteroatoms. The van der Waals surface area contributed by atoms with Gasteiger partial charge in [0.25, 0.3) is 0 Å². The van der Waals surface area contributed by atoms with Crippen LogP contribution in [0.25, 0.3) is 22.0 Å². The summed E-state index contributed by atoms with van der Waals surface area (Å²) in [5.41, 5.74) is 1.58. The van der Waals surface area contributed by atoms with Crippen molar-refractivity contribution in [2.45, 2.75) is 24.8 Å². The van der Waals surface area contributed by atoms with Crippen LogP contribution in [0.1, 0.15) is 25.6 Å². The van der Waals surface area contributed by atoms with Crippen molar-refractivity contribution in [3.63, 3.8) is 0 Å². The zero-order valence-electron chi connectivity index (χ0n) is 17.2. The predicted octanol–water partition coefficient (Wildman–Crippen LogP) is 3.06. The first-order chi connectivity index (χ1) is 14.2. The molecular formula is C21H23N3O5S. The molecule has 2 aromatic carbocycles. The van der Waals surface area contributed by atoms with Crippen LogP contribution < -0.4 is 15.1 Å². The minimum Gasteiger partial charge on any atom is -0.490 e. The summed E-state index contributed by atoms with van der Waals surface area (Å²) in [5.74, 6) is 1.10. The Kier molecular flexibility index (Phi) is 4.95. The maximum absolute atomic E-state index is 13.0. The summed E-state index contributed by atoms with van der Waals surface area (Å²) in [4.78, 5) is 12.2. The standard InChI is InChI=1S/C21H23N3O5S/c1-5-28-18-8-6-7-14-11-19(29-20(14)18)13(2)22-30(26,27)15-9-10-16-17(12-15)24(4)21(25)23(16)3/h6-13,22H,5H2,1-4H3. The Hall–Kier alpha value is -3.04. The molecule has 0 radical (unpaired) electrons. The van der Waals surface area contributed by atoms with Crippen LogP contribution in [0.3, 0.4) is 0 Å². The molecule has 1 N–H and O–H groups in total. The van der Waals surface area contributed by atoms with Crippen LogP contribution in [-0.2, 0) is 24.1 Å². The molecule has 4 rings (SSSR count). The van der Waals surface area contributed by atoms with Gasteiger partial charge in [-0.25, -0.2) is 17.9 Å². The fourth-order valence-corrected chi connectivity index (χ4v) is 4.78. The number of nitrogens with zero attached hydrogens (tertiary/aromatic N) is 2. The average Bonchev–Trinajstić information content (AvgIpc) is 3.25. The Bertz CT molecular complexity index is 1410. The number of benzene rings is 2. The third-order valence-electron chi connectivity index (χ3n) is 5.14. The number of para-hydroxylation sites is 1. The fraction of sp³-hybridized carbons (Fsp3) is 0.286. The molecular weight excluding hydrogens is 406 g/mol. The second-order valence-electron chi connectivity index (χ2n) is 7.15. The first-order valence-corrected chi connectivity index (χ1v) is 11.0. The van der Waals surface area contributed by atoms with Gasteiger partial charge in [-0.15, -0.1) is 0 Å². The van der Waals surface area contributed by atoms with Crippen LogP contribution in [0.5, 0.6) is 5.75 Å². The topological polar surface area (TPSA) is 95.5 Å². The molecule has 0 saturated heterocycles. The van der Waals surface area contributed by atoms with E-state index >= 15 is 0 Å². The number of furan rings is 1. The molecule has 0 aliphatic rings. The van der Waals surface area contributed by atoms with E-state index in [1.807, 2.05) is 25.1 Å². The molecule has 4 aromatic rings. The van der Waals surface area contributed by atoms with Crippen molar-refractivity contribution in [3.05, 3.63) is 58.7 Å². The maximum Gasteiger partial charge on any atom is 0.328 e. The van der Waals surface area contributed by atoms with E-state index in [0.29, 0.717) is 34.7 Å². The van der Waals surface area contributed by atoms with Gasteiger partial charge in [-0.2, -0.15) is 0 Å². The smallest absolute Gasteiger partial charge is 0.328 e. The van der Waals surface area contributed by atoms with E-state index < -0.39 is 16.1 Å². The lowest BCUT2D eigenvalue weighted by molar-refractivity contribution is 0.336. The number of hydrogen-bond acceptors (Lipinski definition) is 5. The minimum absolute atomic E-state index is 0.0779. The summed E-state index contributed by atoms with van der Waals surface area (Å²) in [7, 11) is -0.581. The Balaban J connectivity index is 1.67. The molecule has 2 aromatic heterocycles. The molecule has 8 nitrogen and oxygen atoms in total. The van der Waals surface area contributed by atoms with E-state index in [1.165, 1.54) is 21.3 Å². The molecule has 1 atom stereocenters. The molecule has 0 amide bonds. The number of rotatable bonds is 6. The van der Waals surface area contributed by atoms with Crippen LogP contribution in [0.4, 0.5) is 0 Å². The first-order valence-electron chi connectivity index (χ1n) is 9.56. The van der Waals surface area contributed by atoms with Crippen LogP contribution in [0, 0.1) is 0 Å². The highest BCUT2D eigenvalue weighted by Gasteiger charge is 2.23. The number of nitrogens with one attached hydrogen (secondary N) is 1. The number of ether oxygens (including phenoxy) is 1. The van der Waals surface area contributed by atoms with Crippen molar-refractivity contribution >= 4 is 32.0 Å². The average molecular weight is 429 g/mol. The van der Waals surface area contributed by atoms with Gasteiger partial charge in [0.2, 0.25) is 10.0 Å². The Morgan fingerprint density at radius 1 is 1.10 bits per heavy atom. The van der Waals surface area contributed by atoms with Crippen molar-refractivity contribution in [1.82, 2.24) is 13.9 Å². The summed E-state index contributed by atoms with van der Waals surface area (Å²) in [6.07, 6.45) is 0. The van der Waals surface area contributed by atoms with Crippen molar-refractivity contribution in [2.75, 3.05) is 6.61 Å². The van der Waals surface area contributed by atoms with Gasteiger partial charge in [-0.3, -0.25) is 9.13 Å². The Morgan fingerprint density at radius 3 is 2.57 bits per heavy atom. The Labute approximate surface area is 173 Å². The van der Waals surface area contributed by atoms with Crippen molar-refractivity contribution in [2.24, 2.45) is 14.1 Å². The van der Waals surface area contributed by atoms with Crippen LogP contribution in [0.15, 0.2) is 56.6 Å². The highest BCUT2D eigenvalue weighted by molar-refractivity contribution is 7.89. The highest BCUT2D eigenvalue weighted by atomic mass is 32.2. The third kappa shape index (κ3) is 3.29. The quantitative estimate of drug-likeness (QED) is 0.508. The molecule has 2 heterocycles. The molecule has 0 fully saturated rings. The van der Waals surface area contributed by atoms with Crippen molar-refractivity contribution in [1.29, 1.82) is 0 Å². The first kappa shape index (κ1) is 20.2. The lowest BCUT2D eigenvalue weighted by Gasteiger charge is -2.12. The van der Waals surface area contributed by atoms with Gasteiger partial charge in [0.15, 0.2) is 11.3 Å². The minimum atomic E-state index is -3.84. The highest BCUT2D eigenvalue weighted by Crippen LogP contribution is 2.31. The number of aryl methyl sites for hydroxylation is 2. The van der Waals surface area contributed by atoms with E-state index in [9.17, 15) is 13.2 Å². The van der Waals surface area contributed by atoms with Gasteiger partial charge in [0, 0.05) is 19.5 Å². The lowest BCUT2D eigenvalue weighted by atomic mass is 10.2. The van der Waals surface area contributed by atoms with Crippen LogP contribution >= 0.6 is 0 Å². The van der Waals surface area contributed by atoms with E-state index in [2.05, 4.69) is 4.72 Å². The van der Waals surface area contributed by atoms with Gasteiger partial charge in [0.1, 0.15) is 5.76 Å². The fourth-order valence-electron chi connectivity index (χ4n) is 3.55. The molecule has 0 bridgehead atoms. The van der Waals surface area contributed by atoms with Gasteiger partial charge in [-0.1, -0.05) is 12.1 Å². The lowest BCUT2D eigenvalue weighted by Crippen LogP contribution is -2.26. The number of imidazole rings is 1. The van der Waals surface area contributed by atoms with Crippen molar-refractivity contribution in [3.8, 4) is 5.75 Å². The van der Waals surface area contributed by atoms with Gasteiger partial charge in [0.05, 0.1) is 28.6 Å². The number of hydrogen-bond donors (Lipinski definition) is 1. The van der Waals surface area contributed by atoms with Crippen LogP contribution in [0.2, 0.25) is 0 Å². The summed E-state index contributed by atoms with van der Waals surface area (Å²) >= 11 is 0. The monoisotopic (exact) mass is 429 g/mol. The van der Waals surface area contributed by atoms with Gasteiger partial charge in [-0.05, 0) is 44.2 Å². The molecule has 0 aliphatic carbocycles. The second-order valence-corrected chi connectivity index (χ2v) is 8.86. The summed E-state index contributed by atoms with van der Waals surface area (Å²) in [6.45, 7) is 4.10. The summed E-state index contributed by atoms with van der Waals surface area (Å²) in [6, 6.07) is 11.4. The zero-order valence-corrected chi connectivity index (χ0v) is 18.0. The van der Waals surface area contributed by atoms with E-state index in [1.54, 1.807) is 33.2 Å². The van der Waals surface area contributed by atoms with E-state index in [-0.39, 0.29) is 10.6 Å². The molecule has 30 heavy (non-hydrogen) atoms. The molecule has 158 valence electrons. The number of sulfonamides is 1. The summed E-state index contributed by atoms with van der Waals surface area (Å²) < 4.78 is 43.0. The molecule has 0 aliphatic heterocycles. The number of aromatic nitrogens is 2. The number of fused-ring (bicyclic) bond motifs is 2. The second kappa shape index (κ2) is 7.33. The molecule has 1 unspecified atom stereocenters. The van der Waals surface area contributed by atoms with Crippen molar-refractivity contribution < 1.29 is 17.6 Å². The summed E-state index contributed by atoms with van der Waals surface area (Å²) in [5, 5.41) is 0.836. The maximum atomic E-state index is 13.0. The Morgan fingerprint density at radius 2 is 1.83 bits per heavy atom. The molecule has 0 saturated carbocycles. The van der Waals surface area contributed by atoms with Gasteiger partial charge >= 0.3 is 5.69 Å². The van der Waals surface area contributed by atoms with E-state index in [4.69, 9.17) is 9.15 Å². The normalized spacial score (nSPS) is 13.2. The largest absolute Gasteiger partial charge is 0.490 e. The predicted molar refractivity (Wildman–Crippen MR) is 114 cm³/mol. The van der Waals surface area contributed by atoms with Gasteiger partial charge < -0.3 is 9.15 Å². The van der Waals surface area contributed by atoms with Crippen LogP contribution in [-0.4, -0.2) is 24.2 Å². The SMILES string of the molecule is CCOc1cccc2cc(C(C)NS(=O)(=O)c3ccc4c(c3)n(C)c(=O)n4C)oc12. The third-order valence-corrected chi connectivity index (χ3v) is 6.68. The van der Waals surface area contributed by atoms with E-state index in [0.717, 1.165) is 5.39 Å².